The monoisotopic (exact) mass is 448 g/mol. The lowest BCUT2D eigenvalue weighted by atomic mass is 9.87. The van der Waals surface area contributed by atoms with Gasteiger partial charge in [-0.25, -0.2) is 0 Å². The Morgan fingerprint density at radius 2 is 1.48 bits per heavy atom. The molecule has 0 spiro atoms. The van der Waals surface area contributed by atoms with E-state index in [4.69, 9.17) is 4.74 Å². The Labute approximate surface area is 185 Å². The standard InChI is InChI=1S/C25H21NO3S2/c1-25(2,3)14-5-10-21-19(11-14)30-20-12-17-18(24(28)26-23(17)27)13-22(20)31(21)16-8-6-15(29-4)7-9-16/h5-13H,1-4H3/p+1. The van der Waals surface area contributed by atoms with Gasteiger partial charge in [0.2, 0.25) is 0 Å². The number of hydrogen-bond donors (Lipinski definition) is 1. The largest absolute Gasteiger partial charge is 0.497 e. The first-order chi connectivity index (χ1) is 14.8. The Hall–Kier alpha value is -2.96. The molecule has 1 unspecified atom stereocenters. The van der Waals surface area contributed by atoms with Crippen molar-refractivity contribution in [3.8, 4) is 10.6 Å². The molecule has 4 nitrogen and oxygen atoms in total. The Morgan fingerprint density at radius 1 is 0.839 bits per heavy atom. The van der Waals surface area contributed by atoms with Crippen molar-refractivity contribution in [2.24, 2.45) is 0 Å². The molecule has 0 bridgehead atoms. The molecule has 1 N–H and O–H groups in total. The number of benzene rings is 3. The minimum Gasteiger partial charge on any atom is -0.497 e. The molecule has 6 heteroatoms. The van der Waals surface area contributed by atoms with Gasteiger partial charge in [0.1, 0.15) is 5.75 Å². The first kappa shape index (κ1) is 20.0. The quantitative estimate of drug-likeness (QED) is 0.255. The van der Waals surface area contributed by atoms with Gasteiger partial charge < -0.3 is 4.74 Å². The van der Waals surface area contributed by atoms with Crippen molar-refractivity contribution in [1.29, 1.82) is 0 Å². The van der Waals surface area contributed by atoms with E-state index in [1.54, 1.807) is 18.4 Å². The number of hydrogen-bond acceptors (Lipinski definition) is 4. The molecule has 0 aliphatic heterocycles. The van der Waals surface area contributed by atoms with Crippen LogP contribution in [-0.4, -0.2) is 12.1 Å². The number of rotatable bonds is 2. The van der Waals surface area contributed by atoms with E-state index in [1.807, 2.05) is 24.3 Å². The average Bonchev–Trinajstić information content (AvgIpc) is 3.02. The Morgan fingerprint density at radius 3 is 2.13 bits per heavy atom. The number of aromatic nitrogens is 1. The van der Waals surface area contributed by atoms with Crippen LogP contribution < -0.4 is 15.9 Å². The zero-order valence-electron chi connectivity index (χ0n) is 17.7. The summed E-state index contributed by atoms with van der Waals surface area (Å²) >= 11 is 1.68. The van der Waals surface area contributed by atoms with Gasteiger partial charge >= 0.3 is 0 Å². The van der Waals surface area contributed by atoms with Gasteiger partial charge in [0.05, 0.1) is 27.3 Å². The third-order valence-electron chi connectivity index (χ3n) is 5.56. The summed E-state index contributed by atoms with van der Waals surface area (Å²) in [6.45, 7) is 6.63. The highest BCUT2D eigenvalue weighted by Gasteiger charge is 2.24. The Kier molecular flexibility index (Phi) is 4.53. The van der Waals surface area contributed by atoms with Gasteiger partial charge in [-0.15, -0.1) is 11.3 Å². The first-order valence-corrected chi connectivity index (χ1v) is 12.0. The van der Waals surface area contributed by atoms with Crippen molar-refractivity contribution in [2.75, 3.05) is 7.11 Å². The fraction of sp³-hybridized carbons (Fsp3) is 0.200. The highest BCUT2D eigenvalue weighted by Crippen LogP contribution is 2.48. The van der Waals surface area contributed by atoms with Crippen LogP contribution >= 0.6 is 21.8 Å². The molecule has 0 saturated heterocycles. The molecule has 1 atom stereocenters. The van der Waals surface area contributed by atoms with E-state index in [-0.39, 0.29) is 27.0 Å². The van der Waals surface area contributed by atoms with Gasteiger partial charge in [0.25, 0.3) is 11.1 Å². The molecule has 5 aromatic rings. The molecule has 0 amide bonds. The van der Waals surface area contributed by atoms with Crippen LogP contribution in [0.4, 0.5) is 0 Å². The third-order valence-corrected chi connectivity index (χ3v) is 9.26. The zero-order chi connectivity index (χ0) is 21.9. The van der Waals surface area contributed by atoms with Gasteiger partial charge in [-0.05, 0) is 35.2 Å². The van der Waals surface area contributed by atoms with Gasteiger partial charge in [-0.2, -0.15) is 0 Å². The molecule has 3 aromatic carbocycles. The van der Waals surface area contributed by atoms with E-state index in [2.05, 4.69) is 56.1 Å². The smallest absolute Gasteiger partial charge is 0.259 e. The second kappa shape index (κ2) is 7.04. The van der Waals surface area contributed by atoms with Crippen LogP contribution in [0.1, 0.15) is 26.3 Å². The Balaban J connectivity index is 1.95. The molecule has 31 heavy (non-hydrogen) atoms. The van der Waals surface area contributed by atoms with Gasteiger partial charge in [-0.3, -0.25) is 14.6 Å². The number of aromatic amines is 1. The lowest BCUT2D eigenvalue weighted by Gasteiger charge is -2.19. The zero-order valence-corrected chi connectivity index (χ0v) is 19.4. The molecule has 2 aromatic heterocycles. The molecular weight excluding hydrogens is 426 g/mol. The van der Waals surface area contributed by atoms with Crippen LogP contribution in [0.3, 0.4) is 0 Å². The summed E-state index contributed by atoms with van der Waals surface area (Å²) in [5.74, 6) is 0.807. The second-order valence-corrected chi connectivity index (χ2v) is 11.7. The van der Waals surface area contributed by atoms with Crippen molar-refractivity contribution in [3.63, 3.8) is 0 Å². The van der Waals surface area contributed by atoms with Gasteiger partial charge in [0, 0.05) is 34.7 Å². The molecule has 0 radical (unpaired) electrons. The molecule has 2 heterocycles. The van der Waals surface area contributed by atoms with Crippen molar-refractivity contribution in [2.45, 2.75) is 26.2 Å². The Bertz CT molecular complexity index is 1580. The van der Waals surface area contributed by atoms with Crippen molar-refractivity contribution in [1.82, 2.24) is 4.98 Å². The summed E-state index contributed by atoms with van der Waals surface area (Å²) in [4.78, 5) is 28.2. The highest BCUT2D eigenvalue weighted by atomic mass is 32.2. The van der Waals surface area contributed by atoms with E-state index >= 15 is 0 Å². The summed E-state index contributed by atoms with van der Waals surface area (Å²) in [7, 11) is 1.27. The first-order valence-electron chi connectivity index (χ1n) is 10.0. The number of methoxy groups -OCH3 is 1. The highest BCUT2D eigenvalue weighted by molar-refractivity contribution is 7.53. The fourth-order valence-electron chi connectivity index (χ4n) is 3.84. The van der Waals surface area contributed by atoms with E-state index in [0.29, 0.717) is 10.8 Å². The fourth-order valence-corrected chi connectivity index (χ4v) is 7.63. The lowest BCUT2D eigenvalue weighted by molar-refractivity contribution is 0.415. The molecule has 0 fully saturated rings. The van der Waals surface area contributed by atoms with Crippen LogP contribution in [0, 0.1) is 0 Å². The SMILES string of the molecule is COc1ccc(-[s+]2c3ccc(C(C)(C)C)cc3sc3cc4c(=O)[nH]c(=O)c4cc32)cc1. The molecule has 0 aliphatic rings. The number of fused-ring (bicyclic) bond motifs is 3. The van der Waals surface area contributed by atoms with E-state index < -0.39 is 0 Å². The van der Waals surface area contributed by atoms with Crippen LogP contribution in [0.25, 0.3) is 34.5 Å². The summed E-state index contributed by atoms with van der Waals surface area (Å²) in [6, 6.07) is 18.6. The van der Waals surface area contributed by atoms with Crippen LogP contribution in [0.15, 0.2) is 64.2 Å². The van der Waals surface area contributed by atoms with Crippen molar-refractivity contribution >= 4 is 51.4 Å². The predicted molar refractivity (Wildman–Crippen MR) is 133 cm³/mol. The van der Waals surface area contributed by atoms with Crippen LogP contribution in [0.2, 0.25) is 0 Å². The topological polar surface area (TPSA) is 59.2 Å². The summed E-state index contributed by atoms with van der Waals surface area (Å²) in [5, 5.41) is 0.926. The van der Waals surface area contributed by atoms with Crippen molar-refractivity contribution < 1.29 is 4.74 Å². The number of ether oxygens (including phenoxy) is 1. The maximum atomic E-state index is 12.3. The van der Waals surface area contributed by atoms with Crippen LogP contribution in [-0.2, 0) is 5.41 Å². The van der Waals surface area contributed by atoms with Crippen molar-refractivity contribution in [3.05, 3.63) is 80.9 Å². The van der Waals surface area contributed by atoms with E-state index in [9.17, 15) is 9.59 Å². The van der Waals surface area contributed by atoms with E-state index in [0.717, 1.165) is 20.0 Å². The minimum atomic E-state index is -0.389. The summed E-state index contributed by atoms with van der Waals surface area (Å²) < 4.78 is 9.89. The normalized spacial score (nSPS) is 12.7. The molecule has 5 rings (SSSR count). The maximum Gasteiger partial charge on any atom is 0.259 e. The third kappa shape index (κ3) is 3.27. The van der Waals surface area contributed by atoms with Gasteiger partial charge in [-0.1, -0.05) is 26.8 Å². The molecule has 0 saturated carbocycles. The molecule has 0 aliphatic carbocycles. The number of nitrogens with one attached hydrogen (secondary N) is 1. The second-order valence-electron chi connectivity index (χ2n) is 8.62. The minimum absolute atomic E-state index is 0.0405. The summed E-state index contributed by atoms with van der Waals surface area (Å²) in [5.41, 5.74) is 0.676. The predicted octanol–water partition coefficient (Wildman–Crippen LogP) is 6.30. The molecule has 156 valence electrons. The molecular formula is C25H22NO3S2+. The summed E-state index contributed by atoms with van der Waals surface area (Å²) in [6.07, 6.45) is 0. The van der Waals surface area contributed by atoms with Crippen LogP contribution in [0.5, 0.6) is 5.75 Å². The van der Waals surface area contributed by atoms with Gasteiger partial charge in [0.15, 0.2) is 14.3 Å². The average molecular weight is 449 g/mol. The number of H-pyrrole nitrogens is 1. The van der Waals surface area contributed by atoms with E-state index in [1.165, 1.54) is 15.0 Å². The maximum absolute atomic E-state index is 12.3. The lowest BCUT2D eigenvalue weighted by Crippen LogP contribution is -2.10.